The van der Waals surface area contributed by atoms with Crippen LogP contribution in [-0.4, -0.2) is 15.7 Å². The second kappa shape index (κ2) is 23.5. The van der Waals surface area contributed by atoms with Crippen LogP contribution in [0.25, 0.3) is 99.0 Å². The van der Waals surface area contributed by atoms with Gasteiger partial charge >= 0.3 is 0 Å². The van der Waals surface area contributed by atoms with Crippen LogP contribution in [0.5, 0.6) is 0 Å². The number of fused-ring (bicyclic) bond motifs is 13. The summed E-state index contributed by atoms with van der Waals surface area (Å²) in [6.45, 7) is -0.263. The van der Waals surface area contributed by atoms with Crippen LogP contribution < -0.4 is 36.0 Å². The number of para-hydroxylation sites is 8. The normalized spacial score (nSPS) is 12.4. The molecule has 0 bridgehead atoms. The van der Waals surface area contributed by atoms with E-state index in [0.29, 0.717) is 0 Å². The summed E-state index contributed by atoms with van der Waals surface area (Å²) in [7, 11) is 0. The van der Waals surface area contributed by atoms with Crippen LogP contribution in [0.1, 0.15) is 0 Å². The highest BCUT2D eigenvalue weighted by Crippen LogP contribution is 2.53. The first kappa shape index (κ1) is 58.4. The van der Waals surface area contributed by atoms with E-state index in [1.165, 1.54) is 65.3 Å². The average molecular weight is 1310 g/mol. The highest BCUT2D eigenvalue weighted by molar-refractivity contribution is 7.00. The predicted molar refractivity (Wildman–Crippen MR) is 435 cm³/mol. The zero-order valence-corrected chi connectivity index (χ0v) is 56.1. The number of aromatic nitrogens is 2. The Balaban J connectivity index is 0.925. The van der Waals surface area contributed by atoms with Gasteiger partial charge < -0.3 is 28.6 Å². The third-order valence-electron chi connectivity index (χ3n) is 21.5. The summed E-state index contributed by atoms with van der Waals surface area (Å²) >= 11 is 0. The molecule has 6 nitrogen and oxygen atoms in total. The van der Waals surface area contributed by atoms with Gasteiger partial charge in [-0.1, -0.05) is 255 Å². The summed E-state index contributed by atoms with van der Waals surface area (Å²) < 4.78 is 5.11. The third-order valence-corrected chi connectivity index (χ3v) is 21.5. The molecule has 0 spiro atoms. The fourth-order valence-electron chi connectivity index (χ4n) is 17.2. The van der Waals surface area contributed by atoms with E-state index in [0.717, 1.165) is 118 Å². The van der Waals surface area contributed by atoms with Gasteiger partial charge in [-0.25, -0.2) is 0 Å². The predicted octanol–water partition coefficient (Wildman–Crippen LogP) is 24.0. The van der Waals surface area contributed by atoms with Crippen LogP contribution in [0.2, 0.25) is 0 Å². The molecule has 480 valence electrons. The molecule has 2 aliphatic rings. The van der Waals surface area contributed by atoms with Gasteiger partial charge in [-0.2, -0.15) is 0 Å². The van der Waals surface area contributed by atoms with Crippen LogP contribution in [-0.2, 0) is 0 Å². The fraction of sp³-hybridized carbons (Fsp3) is 0. The molecule has 21 rings (SSSR count). The highest BCUT2D eigenvalue weighted by atomic mass is 15.2. The number of benzene rings is 16. The van der Waals surface area contributed by atoms with Gasteiger partial charge in [-0.15, -0.1) is 0 Å². The van der Waals surface area contributed by atoms with Crippen molar-refractivity contribution in [2.45, 2.75) is 0 Å². The van der Waals surface area contributed by atoms with Gasteiger partial charge in [0, 0.05) is 100 Å². The number of hydrogen-bond donors (Lipinski definition) is 0. The lowest BCUT2D eigenvalue weighted by Gasteiger charge is -2.45. The smallest absolute Gasteiger partial charge is 0.252 e. The van der Waals surface area contributed by atoms with Gasteiger partial charge in [0.15, 0.2) is 0 Å². The fourth-order valence-corrected chi connectivity index (χ4v) is 17.2. The minimum atomic E-state index is -0.263. The van der Waals surface area contributed by atoms with E-state index in [9.17, 15) is 0 Å². The summed E-state index contributed by atoms with van der Waals surface area (Å²) in [5.74, 6) is 0. The molecule has 7 heteroatoms. The van der Waals surface area contributed by atoms with E-state index < -0.39 is 0 Å². The van der Waals surface area contributed by atoms with Crippen molar-refractivity contribution in [1.29, 1.82) is 0 Å². The zero-order valence-electron chi connectivity index (χ0n) is 56.1. The molecule has 103 heavy (non-hydrogen) atoms. The lowest BCUT2D eigenvalue weighted by atomic mass is 9.33. The first-order valence-electron chi connectivity index (χ1n) is 35.5. The lowest BCUT2D eigenvalue weighted by molar-refractivity contribution is 1.16. The third kappa shape index (κ3) is 9.16. The van der Waals surface area contributed by atoms with Crippen molar-refractivity contribution in [1.82, 2.24) is 8.97 Å². The Morgan fingerprint density at radius 2 is 0.641 bits per heavy atom. The largest absolute Gasteiger partial charge is 0.311 e. The Labute approximate surface area is 597 Å². The van der Waals surface area contributed by atoms with E-state index in [1.807, 2.05) is 0 Å². The Morgan fingerprint density at radius 3 is 1.17 bits per heavy atom. The van der Waals surface area contributed by atoms with E-state index in [-0.39, 0.29) is 6.71 Å². The van der Waals surface area contributed by atoms with Gasteiger partial charge in [0.1, 0.15) is 0 Å². The van der Waals surface area contributed by atoms with Crippen molar-refractivity contribution in [3.63, 3.8) is 0 Å². The highest BCUT2D eigenvalue weighted by Gasteiger charge is 2.46. The first-order valence-corrected chi connectivity index (χ1v) is 35.5. The van der Waals surface area contributed by atoms with E-state index in [4.69, 9.17) is 0 Å². The molecule has 0 unspecified atom stereocenters. The number of anilines is 12. The topological polar surface area (TPSA) is 22.3 Å². The van der Waals surface area contributed by atoms with Gasteiger partial charge in [0.05, 0.1) is 44.6 Å². The van der Waals surface area contributed by atoms with Crippen LogP contribution in [0.3, 0.4) is 0 Å². The van der Waals surface area contributed by atoms with Crippen molar-refractivity contribution in [2.75, 3.05) is 19.6 Å². The van der Waals surface area contributed by atoms with Crippen LogP contribution in [0.15, 0.2) is 382 Å². The maximum absolute atomic E-state index is 2.65. The molecule has 0 aliphatic carbocycles. The molecule has 0 amide bonds. The Kier molecular flexibility index (Phi) is 13.3. The second-order valence-electron chi connectivity index (χ2n) is 27.1. The summed E-state index contributed by atoms with van der Waals surface area (Å²) in [6, 6.07) is 142. The van der Waals surface area contributed by atoms with E-state index in [1.54, 1.807) is 0 Å². The molecule has 0 radical (unpaired) electrons. The average Bonchev–Trinajstić information content (AvgIpc) is 1.65. The molecule has 2 aliphatic heterocycles. The summed E-state index contributed by atoms with van der Waals surface area (Å²) in [4.78, 5) is 10.1. The van der Waals surface area contributed by atoms with Gasteiger partial charge in [0.2, 0.25) is 0 Å². The molecular weight excluding hydrogens is 1250 g/mol. The Bertz CT molecular complexity index is 6370. The van der Waals surface area contributed by atoms with Crippen molar-refractivity contribution < 1.29 is 0 Å². The van der Waals surface area contributed by atoms with Gasteiger partial charge in [-0.3, -0.25) is 0 Å². The van der Waals surface area contributed by atoms with Crippen LogP contribution in [0, 0.1) is 0 Å². The molecule has 0 N–H and O–H groups in total. The lowest BCUT2D eigenvalue weighted by Crippen LogP contribution is -2.61. The molecule has 19 aromatic rings. The molecule has 0 saturated heterocycles. The SMILES string of the molecule is c1ccc(-c2ccc3c(c2)B2c4cc5c6cc(N(c7ccccc7)c7ccccc7)cc7c8cc(N(c9ccccc9)c9ccccc9)ccc8n(c5cc4N(c4ccccc4-c4ccccc4)c4cc(-n5c8ccccc8c8ccccc85)cc(c42)N3c2ccccc2-c2ccccc2)c76)cc1. The van der Waals surface area contributed by atoms with E-state index >= 15 is 0 Å². The van der Waals surface area contributed by atoms with E-state index in [2.05, 4.69) is 411 Å². The molecule has 0 saturated carbocycles. The molecule has 3 aromatic heterocycles. The maximum atomic E-state index is 2.65. The number of nitrogens with zero attached hydrogens (tertiary/aromatic N) is 6. The maximum Gasteiger partial charge on any atom is 0.252 e. The number of hydrogen-bond acceptors (Lipinski definition) is 4. The van der Waals surface area contributed by atoms with Crippen molar-refractivity contribution in [2.24, 2.45) is 0 Å². The first-order chi connectivity index (χ1) is 51.1. The Hall–Kier alpha value is -13.6. The van der Waals surface area contributed by atoms with Gasteiger partial charge in [0.25, 0.3) is 6.71 Å². The molecule has 16 aromatic carbocycles. The van der Waals surface area contributed by atoms with Crippen LogP contribution >= 0.6 is 0 Å². The minimum Gasteiger partial charge on any atom is -0.311 e. The zero-order chi connectivity index (χ0) is 67.6. The van der Waals surface area contributed by atoms with Gasteiger partial charge in [-0.05, 0) is 166 Å². The Morgan fingerprint density at radius 1 is 0.223 bits per heavy atom. The summed E-state index contributed by atoms with van der Waals surface area (Å²) in [5, 5.41) is 7.13. The van der Waals surface area contributed by atoms with Crippen LogP contribution in [0.4, 0.5) is 68.2 Å². The van der Waals surface area contributed by atoms with Crippen molar-refractivity contribution in [3.8, 4) is 39.1 Å². The van der Waals surface area contributed by atoms with Crippen molar-refractivity contribution >= 4 is 151 Å². The second-order valence-corrected chi connectivity index (χ2v) is 27.1. The standard InChI is InChI=1S/C96H63BN6/c1-8-30-64(31-9-1)67-52-54-90-83(56-67)97-84-62-80-82-59-73(99(70-40-18-6-19-41-70)71-42-20-7-21-43-71)58-81-79-57-72(98(68-36-14-4-15-37-68)69-38-16-5-17-39-69)53-55-89(79)103(96(81)82)91(80)63-92(84)102(86-49-27-23-45-76(86)66-34-12-3-13-35-66)94-61-74(100-87-50-28-24-46-77(87)78-47-25-29-51-88(78)100)60-93(95(94)97)101(90)85-48-26-22-44-75(85)65-32-10-2-11-33-65/h1-63H. The van der Waals surface area contributed by atoms with Crippen molar-refractivity contribution in [3.05, 3.63) is 382 Å². The molecular formula is C96H63BN6. The molecule has 5 heterocycles. The monoisotopic (exact) mass is 1310 g/mol. The minimum absolute atomic E-state index is 0.263. The summed E-state index contributed by atoms with van der Waals surface area (Å²) in [6.07, 6.45) is 0. The quantitative estimate of drug-likeness (QED) is 0.114. The molecule has 0 fully saturated rings. The number of rotatable bonds is 12. The molecule has 0 atom stereocenters. The summed E-state index contributed by atoms with van der Waals surface area (Å²) in [5.41, 5.74) is 30.6.